The lowest BCUT2D eigenvalue weighted by Gasteiger charge is -2.24. The summed E-state index contributed by atoms with van der Waals surface area (Å²) in [7, 11) is 0. The van der Waals surface area contributed by atoms with Crippen LogP contribution in [0.1, 0.15) is 41.2 Å². The van der Waals surface area contributed by atoms with E-state index >= 15 is 0 Å². The Hall–Kier alpha value is -1.62. The third-order valence-electron chi connectivity index (χ3n) is 4.53. The molecule has 1 unspecified atom stereocenters. The van der Waals surface area contributed by atoms with Gasteiger partial charge in [0, 0.05) is 23.8 Å². The minimum atomic E-state index is 0.552. The van der Waals surface area contributed by atoms with Crippen LogP contribution >= 0.6 is 0 Å². The number of aryl methyl sites for hydroxylation is 4. The van der Waals surface area contributed by atoms with Crippen molar-refractivity contribution in [1.82, 2.24) is 19.8 Å². The Bertz CT molecular complexity index is 609. The van der Waals surface area contributed by atoms with E-state index in [-0.39, 0.29) is 0 Å². The summed E-state index contributed by atoms with van der Waals surface area (Å²) in [5, 5.41) is 8.66. The average Bonchev–Trinajstić information content (AvgIpc) is 3.08. The van der Waals surface area contributed by atoms with E-state index in [1.165, 1.54) is 24.1 Å². The van der Waals surface area contributed by atoms with Crippen molar-refractivity contribution in [1.29, 1.82) is 0 Å². The molecule has 2 aromatic rings. The first-order valence-electron chi connectivity index (χ1n) is 7.71. The summed E-state index contributed by atoms with van der Waals surface area (Å²) in [6.45, 7) is 11.3. The largest absolute Gasteiger partial charge is 0.361 e. The molecule has 0 aromatic carbocycles. The second-order valence-corrected chi connectivity index (χ2v) is 6.18. The molecule has 3 heterocycles. The maximum atomic E-state index is 5.29. The average molecular weight is 288 g/mol. The number of hydrogen-bond donors (Lipinski definition) is 0. The molecule has 0 aliphatic carbocycles. The molecule has 114 valence electrons. The minimum Gasteiger partial charge on any atom is -0.361 e. The van der Waals surface area contributed by atoms with Gasteiger partial charge in [-0.1, -0.05) is 5.16 Å². The summed E-state index contributed by atoms with van der Waals surface area (Å²) < 4.78 is 7.43. The zero-order chi connectivity index (χ0) is 15.0. The molecule has 0 radical (unpaired) electrons. The zero-order valence-corrected chi connectivity index (χ0v) is 13.4. The van der Waals surface area contributed by atoms with E-state index in [0.717, 1.165) is 36.8 Å². The summed E-state index contributed by atoms with van der Waals surface area (Å²) in [6.07, 6.45) is 2.50. The van der Waals surface area contributed by atoms with E-state index in [4.69, 9.17) is 4.52 Å². The molecule has 21 heavy (non-hydrogen) atoms. The van der Waals surface area contributed by atoms with Gasteiger partial charge in [0.1, 0.15) is 5.76 Å². The Morgan fingerprint density at radius 1 is 1.29 bits per heavy atom. The van der Waals surface area contributed by atoms with Crippen molar-refractivity contribution in [3.8, 4) is 0 Å². The van der Waals surface area contributed by atoms with Gasteiger partial charge in [-0.15, -0.1) is 0 Å². The number of hydrogen-bond acceptors (Lipinski definition) is 4. The van der Waals surface area contributed by atoms with Gasteiger partial charge in [-0.3, -0.25) is 9.58 Å². The molecule has 1 fully saturated rings. The van der Waals surface area contributed by atoms with Crippen LogP contribution in [-0.4, -0.2) is 32.4 Å². The van der Waals surface area contributed by atoms with Crippen molar-refractivity contribution >= 4 is 0 Å². The lowest BCUT2D eigenvalue weighted by atomic mass is 10.1. The van der Waals surface area contributed by atoms with Gasteiger partial charge in [0.25, 0.3) is 0 Å². The van der Waals surface area contributed by atoms with Crippen LogP contribution in [0.4, 0.5) is 0 Å². The lowest BCUT2D eigenvalue weighted by Crippen LogP contribution is -2.33. The zero-order valence-electron chi connectivity index (χ0n) is 13.4. The van der Waals surface area contributed by atoms with E-state index in [1.807, 2.05) is 13.8 Å². The van der Waals surface area contributed by atoms with Crippen molar-refractivity contribution in [3.63, 3.8) is 0 Å². The number of rotatable bonds is 4. The van der Waals surface area contributed by atoms with Crippen LogP contribution < -0.4 is 0 Å². The maximum absolute atomic E-state index is 5.29. The van der Waals surface area contributed by atoms with Crippen molar-refractivity contribution in [2.24, 2.45) is 0 Å². The summed E-state index contributed by atoms with van der Waals surface area (Å²) >= 11 is 0. The predicted octanol–water partition coefficient (Wildman–Crippen LogP) is 2.77. The first-order chi connectivity index (χ1) is 10.0. The maximum Gasteiger partial charge on any atom is 0.138 e. The fourth-order valence-electron chi connectivity index (χ4n) is 3.30. The molecule has 2 aromatic heterocycles. The third-order valence-corrected chi connectivity index (χ3v) is 4.53. The first kappa shape index (κ1) is 14.3. The van der Waals surface area contributed by atoms with Crippen LogP contribution in [0.5, 0.6) is 0 Å². The highest BCUT2D eigenvalue weighted by atomic mass is 16.5. The highest BCUT2D eigenvalue weighted by Gasteiger charge is 2.27. The lowest BCUT2D eigenvalue weighted by molar-refractivity contribution is 0.216. The van der Waals surface area contributed by atoms with Crippen molar-refractivity contribution in [2.45, 2.75) is 59.7 Å². The van der Waals surface area contributed by atoms with E-state index in [2.05, 4.69) is 39.8 Å². The topological polar surface area (TPSA) is 47.1 Å². The minimum absolute atomic E-state index is 0.552. The Morgan fingerprint density at radius 2 is 2.10 bits per heavy atom. The molecule has 1 aliphatic rings. The summed E-state index contributed by atoms with van der Waals surface area (Å²) in [6, 6.07) is 2.70. The third kappa shape index (κ3) is 2.88. The van der Waals surface area contributed by atoms with Crippen LogP contribution in [0.3, 0.4) is 0 Å². The molecule has 1 saturated heterocycles. The fraction of sp³-hybridized carbons (Fsp3) is 0.625. The van der Waals surface area contributed by atoms with Crippen molar-refractivity contribution < 1.29 is 4.52 Å². The van der Waals surface area contributed by atoms with Crippen LogP contribution in [-0.2, 0) is 13.1 Å². The molecule has 0 amide bonds. The second-order valence-electron chi connectivity index (χ2n) is 6.18. The molecule has 1 atom stereocenters. The van der Waals surface area contributed by atoms with Crippen molar-refractivity contribution in [3.05, 3.63) is 34.5 Å². The highest BCUT2D eigenvalue weighted by Crippen LogP contribution is 2.24. The Kier molecular flexibility index (Phi) is 3.85. The van der Waals surface area contributed by atoms with Crippen LogP contribution in [0.2, 0.25) is 0 Å². The molecule has 1 aliphatic heterocycles. The van der Waals surface area contributed by atoms with Gasteiger partial charge >= 0.3 is 0 Å². The Labute approximate surface area is 125 Å². The van der Waals surface area contributed by atoms with Gasteiger partial charge in [0.15, 0.2) is 0 Å². The predicted molar refractivity (Wildman–Crippen MR) is 81.1 cm³/mol. The molecule has 5 heteroatoms. The SMILES string of the molecule is Cc1cc(C)n(CC2CCCN2Cc2c(C)noc2C)n1. The quantitative estimate of drug-likeness (QED) is 0.868. The van der Waals surface area contributed by atoms with Crippen LogP contribution in [0.15, 0.2) is 10.6 Å². The van der Waals surface area contributed by atoms with E-state index in [0.29, 0.717) is 6.04 Å². The van der Waals surface area contributed by atoms with E-state index in [1.54, 1.807) is 0 Å². The smallest absolute Gasteiger partial charge is 0.138 e. The molecule has 3 rings (SSSR count). The molecule has 0 saturated carbocycles. The molecule has 0 bridgehead atoms. The van der Waals surface area contributed by atoms with Gasteiger partial charge in [-0.2, -0.15) is 5.10 Å². The van der Waals surface area contributed by atoms with Gasteiger partial charge < -0.3 is 4.52 Å². The van der Waals surface area contributed by atoms with Gasteiger partial charge in [-0.25, -0.2) is 0 Å². The standard InChI is InChI=1S/C16H24N4O/c1-11-8-12(2)20(17-11)9-15-6-5-7-19(15)10-16-13(3)18-21-14(16)4/h8,15H,5-7,9-10H2,1-4H3. The van der Waals surface area contributed by atoms with E-state index in [9.17, 15) is 0 Å². The fourth-order valence-corrected chi connectivity index (χ4v) is 3.30. The second kappa shape index (κ2) is 5.64. The molecular weight excluding hydrogens is 264 g/mol. The summed E-state index contributed by atoms with van der Waals surface area (Å²) in [5.41, 5.74) is 4.61. The van der Waals surface area contributed by atoms with Gasteiger partial charge in [0.05, 0.1) is 17.9 Å². The van der Waals surface area contributed by atoms with E-state index < -0.39 is 0 Å². The van der Waals surface area contributed by atoms with Gasteiger partial charge in [0.2, 0.25) is 0 Å². The summed E-state index contributed by atoms with van der Waals surface area (Å²) in [4.78, 5) is 2.54. The molecular formula is C16H24N4O. The highest BCUT2D eigenvalue weighted by molar-refractivity contribution is 5.20. The monoisotopic (exact) mass is 288 g/mol. The number of aromatic nitrogens is 3. The normalized spacial score (nSPS) is 19.5. The molecule has 0 spiro atoms. The Morgan fingerprint density at radius 3 is 2.71 bits per heavy atom. The number of likely N-dealkylation sites (tertiary alicyclic amines) is 1. The molecule has 0 N–H and O–H groups in total. The van der Waals surface area contributed by atoms with Crippen LogP contribution in [0, 0.1) is 27.7 Å². The van der Waals surface area contributed by atoms with Gasteiger partial charge in [-0.05, 0) is 53.1 Å². The first-order valence-corrected chi connectivity index (χ1v) is 7.71. The van der Waals surface area contributed by atoms with Crippen molar-refractivity contribution in [2.75, 3.05) is 6.54 Å². The molecule has 5 nitrogen and oxygen atoms in total. The number of nitrogens with zero attached hydrogens (tertiary/aromatic N) is 4. The van der Waals surface area contributed by atoms with Crippen LogP contribution in [0.25, 0.3) is 0 Å². The Balaban J connectivity index is 1.72. The summed E-state index contributed by atoms with van der Waals surface area (Å²) in [5.74, 6) is 0.948.